The molecule has 4 aliphatic rings. The third-order valence-corrected chi connectivity index (χ3v) is 14.3. The number of hydrogen-bond donors (Lipinski definition) is 0. The summed E-state index contributed by atoms with van der Waals surface area (Å²) in [6.45, 7) is 4.60. The lowest BCUT2D eigenvalue weighted by molar-refractivity contribution is 0.222. The molecule has 4 aliphatic carbocycles. The third kappa shape index (κ3) is 13.2. The van der Waals surface area contributed by atoms with E-state index in [0.717, 1.165) is 72.3 Å². The quantitative estimate of drug-likeness (QED) is 0.134. The number of halogens is 4. The summed E-state index contributed by atoms with van der Waals surface area (Å²) in [4.78, 5) is 0. The van der Waals surface area contributed by atoms with Gasteiger partial charge in [-0.2, -0.15) is 0 Å². The van der Waals surface area contributed by atoms with Gasteiger partial charge in [0.2, 0.25) is 0 Å². The first-order valence-corrected chi connectivity index (χ1v) is 22.2. The largest absolute Gasteiger partial charge is 0.204 e. The van der Waals surface area contributed by atoms with Gasteiger partial charge in [0, 0.05) is 0 Å². The molecular weight excluding hydrogens is 653 g/mol. The second-order valence-corrected chi connectivity index (χ2v) is 18.0. The van der Waals surface area contributed by atoms with Crippen molar-refractivity contribution in [2.45, 2.75) is 193 Å². The number of hydrogen-bond acceptors (Lipinski definition) is 0. The predicted octanol–water partition coefficient (Wildman–Crippen LogP) is 16.0. The molecule has 0 radical (unpaired) electrons. The molecule has 292 valence electrons. The summed E-state index contributed by atoms with van der Waals surface area (Å²) in [6.07, 6.45) is 35.3. The van der Waals surface area contributed by atoms with Crippen molar-refractivity contribution in [2.75, 3.05) is 0 Å². The van der Waals surface area contributed by atoms with E-state index in [1.165, 1.54) is 166 Å². The lowest BCUT2D eigenvalue weighted by Gasteiger charge is -2.32. The Bertz CT molecular complexity index is 1270. The Balaban J connectivity index is 0.000000202. The average Bonchev–Trinajstić information content (AvgIpc) is 3.17. The van der Waals surface area contributed by atoms with Crippen molar-refractivity contribution in [2.24, 2.45) is 35.5 Å². The van der Waals surface area contributed by atoms with Gasteiger partial charge in [-0.1, -0.05) is 142 Å². The van der Waals surface area contributed by atoms with Gasteiger partial charge < -0.3 is 0 Å². The molecule has 52 heavy (non-hydrogen) atoms. The van der Waals surface area contributed by atoms with Crippen molar-refractivity contribution in [3.05, 3.63) is 70.8 Å². The Morgan fingerprint density at radius 2 is 0.692 bits per heavy atom. The van der Waals surface area contributed by atoms with E-state index in [-0.39, 0.29) is 0 Å². The van der Waals surface area contributed by atoms with Crippen molar-refractivity contribution >= 4 is 0 Å². The Morgan fingerprint density at radius 1 is 0.365 bits per heavy atom. The van der Waals surface area contributed by atoms with Gasteiger partial charge in [0.25, 0.3) is 0 Å². The van der Waals surface area contributed by atoms with Crippen LogP contribution in [0.3, 0.4) is 0 Å². The molecule has 6 rings (SSSR count). The van der Waals surface area contributed by atoms with Crippen LogP contribution in [0.2, 0.25) is 0 Å². The zero-order valence-electron chi connectivity index (χ0n) is 33.0. The third-order valence-electron chi connectivity index (χ3n) is 14.3. The van der Waals surface area contributed by atoms with E-state index in [4.69, 9.17) is 0 Å². The lowest BCUT2D eigenvalue weighted by atomic mass is 9.74. The van der Waals surface area contributed by atoms with Crippen molar-refractivity contribution in [3.8, 4) is 0 Å². The van der Waals surface area contributed by atoms with Gasteiger partial charge >= 0.3 is 0 Å². The molecule has 0 nitrogen and oxygen atoms in total. The van der Waals surface area contributed by atoms with E-state index in [9.17, 15) is 17.6 Å². The molecule has 0 bridgehead atoms. The highest BCUT2D eigenvalue weighted by Crippen LogP contribution is 2.42. The molecule has 4 fully saturated rings. The van der Waals surface area contributed by atoms with E-state index in [1.54, 1.807) is 12.1 Å². The van der Waals surface area contributed by atoms with Crippen LogP contribution in [-0.2, 0) is 0 Å². The van der Waals surface area contributed by atoms with Gasteiger partial charge in [0.05, 0.1) is 0 Å². The predicted molar refractivity (Wildman–Crippen MR) is 211 cm³/mol. The summed E-state index contributed by atoms with van der Waals surface area (Å²) < 4.78 is 53.1. The zero-order chi connectivity index (χ0) is 36.7. The Kier molecular flexibility index (Phi) is 17.4. The Labute approximate surface area is 315 Å². The van der Waals surface area contributed by atoms with Gasteiger partial charge in [-0.3, -0.25) is 0 Å². The zero-order valence-corrected chi connectivity index (χ0v) is 33.0. The molecule has 0 heterocycles. The number of rotatable bonds is 14. The van der Waals surface area contributed by atoms with Crippen LogP contribution in [0.5, 0.6) is 0 Å². The van der Waals surface area contributed by atoms with E-state index < -0.39 is 23.3 Å². The number of unbranched alkanes of at least 4 members (excludes halogenated alkanes) is 2. The topological polar surface area (TPSA) is 0 Å². The molecular formula is C48H72F4. The van der Waals surface area contributed by atoms with Crippen LogP contribution in [0.4, 0.5) is 17.6 Å². The average molecular weight is 725 g/mol. The maximum Gasteiger partial charge on any atom is 0.159 e. The fourth-order valence-electron chi connectivity index (χ4n) is 10.8. The summed E-state index contributed by atoms with van der Waals surface area (Å²) in [5.41, 5.74) is 1.99. The maximum atomic E-state index is 13.5. The molecule has 2 aromatic carbocycles. The molecule has 2 aromatic rings. The first-order valence-electron chi connectivity index (χ1n) is 22.2. The molecule has 0 N–H and O–H groups in total. The Hall–Kier alpha value is -1.84. The van der Waals surface area contributed by atoms with E-state index >= 15 is 0 Å². The van der Waals surface area contributed by atoms with E-state index in [1.807, 2.05) is 0 Å². The second kappa shape index (κ2) is 21.9. The van der Waals surface area contributed by atoms with Crippen molar-refractivity contribution < 1.29 is 17.6 Å². The van der Waals surface area contributed by atoms with Crippen LogP contribution in [0.15, 0.2) is 36.4 Å². The molecule has 4 saturated carbocycles. The van der Waals surface area contributed by atoms with Gasteiger partial charge in [-0.25, -0.2) is 17.6 Å². The van der Waals surface area contributed by atoms with Gasteiger partial charge in [-0.15, -0.1) is 0 Å². The minimum atomic E-state index is -0.730. The molecule has 0 unspecified atom stereocenters. The van der Waals surface area contributed by atoms with Crippen LogP contribution in [0, 0.1) is 58.8 Å². The van der Waals surface area contributed by atoms with Crippen molar-refractivity contribution in [1.29, 1.82) is 0 Å². The first-order chi connectivity index (χ1) is 25.3. The summed E-state index contributed by atoms with van der Waals surface area (Å²) in [6, 6.07) is 8.95. The minimum Gasteiger partial charge on any atom is -0.204 e. The highest BCUT2D eigenvalue weighted by atomic mass is 19.2. The van der Waals surface area contributed by atoms with Crippen LogP contribution in [0.1, 0.15) is 204 Å². The monoisotopic (exact) mass is 725 g/mol. The van der Waals surface area contributed by atoms with Crippen LogP contribution in [0.25, 0.3) is 0 Å². The maximum absolute atomic E-state index is 13.5. The van der Waals surface area contributed by atoms with Crippen LogP contribution >= 0.6 is 0 Å². The van der Waals surface area contributed by atoms with E-state index in [2.05, 4.69) is 13.8 Å². The molecule has 0 aromatic heterocycles. The van der Waals surface area contributed by atoms with Gasteiger partial charge in [0.15, 0.2) is 23.3 Å². The summed E-state index contributed by atoms with van der Waals surface area (Å²) in [7, 11) is 0. The van der Waals surface area contributed by atoms with E-state index in [0.29, 0.717) is 11.8 Å². The smallest absolute Gasteiger partial charge is 0.159 e. The fraction of sp³-hybridized carbons (Fsp3) is 0.750. The van der Waals surface area contributed by atoms with Crippen LogP contribution in [-0.4, -0.2) is 0 Å². The van der Waals surface area contributed by atoms with Crippen LogP contribution < -0.4 is 0 Å². The molecule has 0 aliphatic heterocycles. The summed E-state index contributed by atoms with van der Waals surface area (Å²) >= 11 is 0. The molecule has 4 heteroatoms. The minimum absolute atomic E-state index is 0.426. The lowest BCUT2D eigenvalue weighted by Crippen LogP contribution is -2.18. The molecule has 0 atom stereocenters. The fourth-order valence-corrected chi connectivity index (χ4v) is 10.8. The standard InChI is InChI=1S/C25H38F2.C23H34F2/c1-2-3-4-5-19-6-8-20(9-7-19)10-11-21-12-14-22(15-13-21)23-16-17-24(26)25(27)18-23;1-2-3-17-4-6-18(7-5-17)8-9-19-10-12-20(13-11-19)21-14-15-22(24)23(25)16-21/h16-22H,2-15H2,1H3;14-20H,2-13H2,1H3. The normalized spacial score (nSPS) is 29.7. The Morgan fingerprint density at radius 3 is 1.02 bits per heavy atom. The summed E-state index contributed by atoms with van der Waals surface area (Å²) in [5, 5.41) is 0. The second-order valence-electron chi connectivity index (χ2n) is 18.0. The highest BCUT2D eigenvalue weighted by molar-refractivity contribution is 5.23. The van der Waals surface area contributed by atoms with Crippen molar-refractivity contribution in [3.63, 3.8) is 0 Å². The molecule has 0 saturated heterocycles. The van der Waals surface area contributed by atoms with Gasteiger partial charge in [0.1, 0.15) is 0 Å². The summed E-state index contributed by atoms with van der Waals surface area (Å²) in [5.74, 6) is 3.67. The van der Waals surface area contributed by atoms with Crippen molar-refractivity contribution in [1.82, 2.24) is 0 Å². The van der Waals surface area contributed by atoms with Gasteiger partial charge in [-0.05, 0) is 134 Å². The SMILES string of the molecule is CCCC1CCC(CCC2CCC(c3ccc(F)c(F)c3)CC2)CC1.CCCCCC1CCC(CCC2CCC(c3ccc(F)c(F)c3)CC2)CC1. The first kappa shape index (κ1) is 41.3. The number of benzene rings is 2. The molecule has 0 amide bonds. The molecule has 0 spiro atoms. The highest BCUT2D eigenvalue weighted by Gasteiger charge is 2.27.